The summed E-state index contributed by atoms with van der Waals surface area (Å²) in [4.78, 5) is 11.9. The number of hydrazine groups is 1. The zero-order valence-corrected chi connectivity index (χ0v) is 10.3. The molecule has 4 N–H and O–H groups in total. The van der Waals surface area contributed by atoms with Crippen LogP contribution in [-0.4, -0.2) is 25.2 Å². The van der Waals surface area contributed by atoms with Gasteiger partial charge in [-0.25, -0.2) is 5.84 Å². The Morgan fingerprint density at radius 1 is 1.29 bits per heavy atom. The van der Waals surface area contributed by atoms with E-state index in [-0.39, 0.29) is 10.7 Å². The van der Waals surface area contributed by atoms with Crippen molar-refractivity contribution in [2.24, 2.45) is 5.84 Å². The van der Waals surface area contributed by atoms with E-state index >= 15 is 0 Å². The van der Waals surface area contributed by atoms with E-state index in [1.165, 1.54) is 14.2 Å². The number of benzene rings is 1. The molecule has 7 heteroatoms. The summed E-state index contributed by atoms with van der Waals surface area (Å²) in [5.41, 5.74) is 2.42. The fraction of sp³-hybridized carbons (Fsp3) is 0.200. The summed E-state index contributed by atoms with van der Waals surface area (Å²) < 4.78 is 10.2. The molecule has 1 amide bonds. The minimum Gasteiger partial charge on any atom is -0.496 e. The number of methoxy groups -OCH3 is 2. The van der Waals surface area contributed by atoms with Gasteiger partial charge in [0.05, 0.1) is 14.2 Å². The van der Waals surface area contributed by atoms with Gasteiger partial charge in [-0.05, 0) is 24.4 Å². The third-order valence-electron chi connectivity index (χ3n) is 2.01. The average molecular weight is 255 g/mol. The number of carbonyl (C=O) groups excluding carboxylic acids is 1. The normalized spacial score (nSPS) is 9.35. The van der Waals surface area contributed by atoms with Crippen LogP contribution < -0.4 is 26.1 Å². The lowest BCUT2D eigenvalue weighted by Gasteiger charge is -2.12. The Morgan fingerprint density at radius 3 is 2.24 bits per heavy atom. The van der Waals surface area contributed by atoms with Crippen molar-refractivity contribution >= 4 is 23.2 Å². The van der Waals surface area contributed by atoms with E-state index in [0.29, 0.717) is 11.5 Å². The van der Waals surface area contributed by atoms with E-state index in [0.717, 1.165) is 0 Å². The minimum atomic E-state index is -0.456. The number of thiocarbonyl (C=S) groups is 1. The van der Waals surface area contributed by atoms with Crippen LogP contribution in [0, 0.1) is 0 Å². The molecule has 0 heterocycles. The van der Waals surface area contributed by atoms with Crippen LogP contribution in [0.15, 0.2) is 18.2 Å². The first kappa shape index (κ1) is 13.2. The van der Waals surface area contributed by atoms with Crippen LogP contribution in [0.25, 0.3) is 0 Å². The molecular weight excluding hydrogens is 242 g/mol. The van der Waals surface area contributed by atoms with E-state index < -0.39 is 5.91 Å². The van der Waals surface area contributed by atoms with Crippen LogP contribution >= 0.6 is 12.2 Å². The fourth-order valence-corrected chi connectivity index (χ4v) is 1.37. The van der Waals surface area contributed by atoms with Crippen molar-refractivity contribution in [3.63, 3.8) is 0 Å². The lowest BCUT2D eigenvalue weighted by molar-refractivity contribution is 0.0970. The molecule has 1 rings (SSSR count). The maximum absolute atomic E-state index is 11.9. The predicted octanol–water partition coefficient (Wildman–Crippen LogP) is 0.182. The Hall–Kier alpha value is -1.86. The second-order valence-electron chi connectivity index (χ2n) is 2.97. The molecule has 0 spiro atoms. The molecule has 0 aliphatic heterocycles. The van der Waals surface area contributed by atoms with Crippen molar-refractivity contribution in [2.45, 2.75) is 0 Å². The van der Waals surface area contributed by atoms with E-state index in [4.69, 9.17) is 27.5 Å². The standard InChI is InChI=1S/C10H13N3O3S/c1-15-6-4-3-5-7(16-2)8(6)9(14)12-10(17)13-11/h3-5H,11H2,1-2H3,(H2,12,13,14,17). The number of carbonyl (C=O) groups is 1. The van der Waals surface area contributed by atoms with Gasteiger partial charge in [-0.2, -0.15) is 0 Å². The molecular formula is C10H13N3O3S. The van der Waals surface area contributed by atoms with E-state index in [2.05, 4.69) is 10.7 Å². The van der Waals surface area contributed by atoms with Crippen molar-refractivity contribution < 1.29 is 14.3 Å². The lowest BCUT2D eigenvalue weighted by atomic mass is 10.1. The topological polar surface area (TPSA) is 85.6 Å². The van der Waals surface area contributed by atoms with E-state index in [9.17, 15) is 4.79 Å². The van der Waals surface area contributed by atoms with Gasteiger partial charge in [0.1, 0.15) is 17.1 Å². The van der Waals surface area contributed by atoms with E-state index in [1.807, 2.05) is 0 Å². The average Bonchev–Trinajstić information content (AvgIpc) is 2.37. The van der Waals surface area contributed by atoms with Gasteiger partial charge >= 0.3 is 0 Å². The third-order valence-corrected chi connectivity index (χ3v) is 2.23. The monoisotopic (exact) mass is 255 g/mol. The summed E-state index contributed by atoms with van der Waals surface area (Å²) in [6.45, 7) is 0. The fourth-order valence-electron chi connectivity index (χ4n) is 1.28. The summed E-state index contributed by atoms with van der Waals surface area (Å²) in [5.74, 6) is 5.40. The first-order valence-corrected chi connectivity index (χ1v) is 5.07. The number of hydrogen-bond acceptors (Lipinski definition) is 5. The molecule has 0 saturated heterocycles. The highest BCUT2D eigenvalue weighted by Crippen LogP contribution is 2.27. The first-order valence-electron chi connectivity index (χ1n) is 4.67. The number of hydrogen-bond donors (Lipinski definition) is 3. The Balaban J connectivity index is 3.09. The van der Waals surface area contributed by atoms with Gasteiger partial charge in [0.2, 0.25) is 0 Å². The van der Waals surface area contributed by atoms with Crippen LogP contribution in [0.2, 0.25) is 0 Å². The quantitative estimate of drug-likeness (QED) is 0.406. The van der Waals surface area contributed by atoms with Crippen LogP contribution in [0.4, 0.5) is 0 Å². The smallest absolute Gasteiger partial charge is 0.265 e. The molecule has 0 aliphatic rings. The SMILES string of the molecule is COc1cccc(OC)c1C(=O)NC(=S)NN. The molecule has 0 unspecified atom stereocenters. The molecule has 0 aromatic heterocycles. The van der Waals surface area contributed by atoms with Crippen molar-refractivity contribution in [1.82, 2.24) is 10.7 Å². The van der Waals surface area contributed by atoms with Crippen LogP contribution in [0.3, 0.4) is 0 Å². The van der Waals surface area contributed by atoms with Gasteiger partial charge in [-0.3, -0.25) is 10.1 Å². The van der Waals surface area contributed by atoms with Gasteiger partial charge in [0.25, 0.3) is 5.91 Å². The summed E-state index contributed by atoms with van der Waals surface area (Å²) in [7, 11) is 2.93. The molecule has 6 nitrogen and oxygen atoms in total. The van der Waals surface area contributed by atoms with Gasteiger partial charge in [-0.1, -0.05) is 6.07 Å². The minimum absolute atomic E-state index is 0.0166. The molecule has 17 heavy (non-hydrogen) atoms. The summed E-state index contributed by atoms with van der Waals surface area (Å²) in [5, 5.41) is 2.41. The molecule has 0 bridgehead atoms. The van der Waals surface area contributed by atoms with Crippen molar-refractivity contribution in [2.75, 3.05) is 14.2 Å². The maximum atomic E-state index is 11.9. The Kier molecular flexibility index (Phi) is 4.68. The van der Waals surface area contributed by atoms with Crippen LogP contribution in [0.1, 0.15) is 10.4 Å². The molecule has 1 aromatic rings. The molecule has 0 saturated carbocycles. The zero-order chi connectivity index (χ0) is 12.8. The van der Waals surface area contributed by atoms with E-state index in [1.54, 1.807) is 18.2 Å². The number of nitrogens with two attached hydrogens (primary N) is 1. The number of nitrogens with one attached hydrogen (secondary N) is 2. The number of amides is 1. The highest BCUT2D eigenvalue weighted by atomic mass is 32.1. The summed E-state index contributed by atoms with van der Waals surface area (Å²) >= 11 is 4.74. The van der Waals surface area contributed by atoms with Gasteiger partial charge < -0.3 is 14.9 Å². The molecule has 1 aromatic carbocycles. The van der Waals surface area contributed by atoms with Gasteiger partial charge in [0, 0.05) is 0 Å². The van der Waals surface area contributed by atoms with Crippen LogP contribution in [-0.2, 0) is 0 Å². The highest BCUT2D eigenvalue weighted by molar-refractivity contribution is 7.80. The largest absolute Gasteiger partial charge is 0.496 e. The third kappa shape index (κ3) is 3.05. The Bertz CT molecular complexity index is 415. The summed E-state index contributed by atoms with van der Waals surface area (Å²) in [6.07, 6.45) is 0. The van der Waals surface area contributed by atoms with Gasteiger partial charge in [-0.15, -0.1) is 0 Å². The van der Waals surface area contributed by atoms with Crippen molar-refractivity contribution in [3.05, 3.63) is 23.8 Å². The maximum Gasteiger partial charge on any atom is 0.265 e. The predicted molar refractivity (Wildman–Crippen MR) is 66.9 cm³/mol. The molecule has 92 valence electrons. The highest BCUT2D eigenvalue weighted by Gasteiger charge is 2.18. The van der Waals surface area contributed by atoms with Crippen LogP contribution in [0.5, 0.6) is 11.5 Å². The molecule has 0 fully saturated rings. The van der Waals surface area contributed by atoms with Crippen molar-refractivity contribution in [1.29, 1.82) is 0 Å². The first-order chi connectivity index (χ1) is 8.13. The molecule has 0 aliphatic carbocycles. The number of rotatable bonds is 3. The molecule has 0 radical (unpaired) electrons. The number of ether oxygens (including phenoxy) is 2. The van der Waals surface area contributed by atoms with Crippen molar-refractivity contribution in [3.8, 4) is 11.5 Å². The zero-order valence-electron chi connectivity index (χ0n) is 9.44. The second kappa shape index (κ2) is 6.02. The lowest BCUT2D eigenvalue weighted by Crippen LogP contribution is -2.42. The second-order valence-corrected chi connectivity index (χ2v) is 3.37. The molecule has 0 atom stereocenters. The van der Waals surface area contributed by atoms with Gasteiger partial charge in [0.15, 0.2) is 5.11 Å². The Labute approximate surface area is 104 Å². The Morgan fingerprint density at radius 2 is 1.82 bits per heavy atom. The summed E-state index contributed by atoms with van der Waals surface area (Å²) in [6, 6.07) is 5.01.